The molecule has 2 saturated carbocycles. The van der Waals surface area contributed by atoms with E-state index in [1.807, 2.05) is 0 Å². The predicted molar refractivity (Wildman–Crippen MR) is 45.6 cm³/mol. The molecule has 0 aromatic heterocycles. The number of amides is 1. The molecular weight excluding hydrogens is 150 g/mol. The van der Waals surface area contributed by atoms with E-state index < -0.39 is 0 Å². The number of rotatable bonds is 0. The standard InChI is InChI=1S/C10H15NO/c12-9-3-5-10(11-9)4-1-2-7-6-8(7)10/h7-8H,1-6H2,(H,11,12). The molecule has 3 unspecified atom stereocenters. The molecule has 1 N–H and O–H groups in total. The molecule has 0 aromatic carbocycles. The minimum Gasteiger partial charge on any atom is -0.350 e. The number of nitrogens with one attached hydrogen (secondary N) is 1. The van der Waals surface area contributed by atoms with Gasteiger partial charge in [-0.15, -0.1) is 0 Å². The number of fused-ring (bicyclic) bond motifs is 2. The summed E-state index contributed by atoms with van der Waals surface area (Å²) in [6.07, 6.45) is 7.29. The molecule has 3 atom stereocenters. The summed E-state index contributed by atoms with van der Waals surface area (Å²) in [7, 11) is 0. The molecule has 0 bridgehead atoms. The highest BCUT2D eigenvalue weighted by molar-refractivity contribution is 5.79. The predicted octanol–water partition coefficient (Wildman–Crippen LogP) is 1.46. The summed E-state index contributed by atoms with van der Waals surface area (Å²) in [6.45, 7) is 0. The van der Waals surface area contributed by atoms with Crippen LogP contribution in [0.15, 0.2) is 0 Å². The minimum absolute atomic E-state index is 0.278. The summed E-state index contributed by atoms with van der Waals surface area (Å²) in [4.78, 5) is 11.2. The van der Waals surface area contributed by atoms with Crippen LogP contribution in [0.3, 0.4) is 0 Å². The van der Waals surface area contributed by atoms with Gasteiger partial charge in [-0.1, -0.05) is 6.42 Å². The Bertz CT molecular complexity index is 238. The second-order valence-corrected chi connectivity index (χ2v) is 4.70. The topological polar surface area (TPSA) is 29.1 Å². The Balaban J connectivity index is 1.85. The molecule has 1 spiro atoms. The van der Waals surface area contributed by atoms with E-state index in [1.54, 1.807) is 0 Å². The molecule has 3 fully saturated rings. The summed E-state index contributed by atoms with van der Waals surface area (Å²) in [5.41, 5.74) is 0.278. The van der Waals surface area contributed by atoms with E-state index in [0.29, 0.717) is 5.91 Å². The van der Waals surface area contributed by atoms with Crippen molar-refractivity contribution in [2.45, 2.75) is 44.1 Å². The zero-order valence-electron chi connectivity index (χ0n) is 7.31. The van der Waals surface area contributed by atoms with Gasteiger partial charge in [-0.2, -0.15) is 0 Å². The van der Waals surface area contributed by atoms with Crippen LogP contribution in [0, 0.1) is 11.8 Å². The van der Waals surface area contributed by atoms with Gasteiger partial charge >= 0.3 is 0 Å². The maximum atomic E-state index is 11.2. The smallest absolute Gasteiger partial charge is 0.220 e. The largest absolute Gasteiger partial charge is 0.350 e. The molecule has 12 heavy (non-hydrogen) atoms. The summed E-state index contributed by atoms with van der Waals surface area (Å²) >= 11 is 0. The third-order valence-electron chi connectivity index (χ3n) is 4.02. The molecular formula is C10H15NO. The molecule has 1 amide bonds. The van der Waals surface area contributed by atoms with E-state index in [4.69, 9.17) is 0 Å². The fourth-order valence-corrected chi connectivity index (χ4v) is 3.31. The van der Waals surface area contributed by atoms with Gasteiger partial charge in [-0.25, -0.2) is 0 Å². The average molecular weight is 165 g/mol. The first-order valence-electron chi connectivity index (χ1n) is 5.11. The average Bonchev–Trinajstić information content (AvgIpc) is 2.74. The third-order valence-corrected chi connectivity index (χ3v) is 4.02. The zero-order chi connectivity index (χ0) is 8.18. The highest BCUT2D eigenvalue weighted by Crippen LogP contribution is 2.57. The molecule has 1 aliphatic heterocycles. The Morgan fingerprint density at radius 1 is 1.42 bits per heavy atom. The summed E-state index contributed by atoms with van der Waals surface area (Å²) in [5, 5.41) is 3.22. The fourth-order valence-electron chi connectivity index (χ4n) is 3.31. The van der Waals surface area contributed by atoms with Gasteiger partial charge in [-0.3, -0.25) is 4.79 Å². The normalized spacial score (nSPS) is 50.5. The molecule has 1 heterocycles. The molecule has 0 aromatic rings. The second kappa shape index (κ2) is 2.04. The van der Waals surface area contributed by atoms with E-state index in [-0.39, 0.29) is 5.54 Å². The van der Waals surface area contributed by atoms with Crippen molar-refractivity contribution in [3.05, 3.63) is 0 Å². The van der Waals surface area contributed by atoms with Gasteiger partial charge in [0.1, 0.15) is 0 Å². The van der Waals surface area contributed by atoms with Gasteiger partial charge in [0.25, 0.3) is 0 Å². The first-order chi connectivity index (χ1) is 5.80. The summed E-state index contributed by atoms with van der Waals surface area (Å²) in [6, 6.07) is 0. The second-order valence-electron chi connectivity index (χ2n) is 4.70. The highest BCUT2D eigenvalue weighted by atomic mass is 16.2. The van der Waals surface area contributed by atoms with Crippen LogP contribution < -0.4 is 5.32 Å². The monoisotopic (exact) mass is 165 g/mol. The fraction of sp³-hybridized carbons (Fsp3) is 0.900. The lowest BCUT2D eigenvalue weighted by Crippen LogP contribution is -2.45. The third kappa shape index (κ3) is 0.782. The van der Waals surface area contributed by atoms with E-state index in [1.165, 1.54) is 25.7 Å². The Hall–Kier alpha value is -0.530. The summed E-state index contributed by atoms with van der Waals surface area (Å²) in [5.74, 6) is 2.12. The molecule has 1 saturated heterocycles. The van der Waals surface area contributed by atoms with E-state index in [2.05, 4.69) is 5.32 Å². The Kier molecular flexibility index (Phi) is 1.18. The lowest BCUT2D eigenvalue weighted by molar-refractivity contribution is -0.120. The SMILES string of the molecule is O=C1CCC2(CCCC3CC32)N1. The van der Waals surface area contributed by atoms with Gasteiger partial charge in [0.05, 0.1) is 0 Å². The molecule has 3 aliphatic rings. The Morgan fingerprint density at radius 3 is 3.08 bits per heavy atom. The number of hydrogen-bond donors (Lipinski definition) is 1. The molecule has 2 heteroatoms. The van der Waals surface area contributed by atoms with Gasteiger partial charge in [-0.05, 0) is 37.5 Å². The van der Waals surface area contributed by atoms with E-state index in [0.717, 1.165) is 24.7 Å². The lowest BCUT2D eigenvalue weighted by Gasteiger charge is -2.33. The van der Waals surface area contributed by atoms with Gasteiger partial charge < -0.3 is 5.32 Å². The van der Waals surface area contributed by atoms with Crippen molar-refractivity contribution in [3.63, 3.8) is 0 Å². The Morgan fingerprint density at radius 2 is 2.33 bits per heavy atom. The molecule has 0 radical (unpaired) electrons. The van der Waals surface area contributed by atoms with Crippen LogP contribution in [0.25, 0.3) is 0 Å². The van der Waals surface area contributed by atoms with Gasteiger partial charge in [0.15, 0.2) is 0 Å². The van der Waals surface area contributed by atoms with E-state index in [9.17, 15) is 4.79 Å². The number of carbonyl (C=O) groups excluding carboxylic acids is 1. The van der Waals surface area contributed by atoms with Crippen LogP contribution in [0.4, 0.5) is 0 Å². The maximum absolute atomic E-state index is 11.2. The van der Waals surface area contributed by atoms with Crippen molar-refractivity contribution < 1.29 is 4.79 Å². The number of carbonyl (C=O) groups is 1. The quantitative estimate of drug-likeness (QED) is 0.578. The van der Waals surface area contributed by atoms with Crippen LogP contribution in [0.1, 0.15) is 38.5 Å². The van der Waals surface area contributed by atoms with Crippen LogP contribution in [-0.4, -0.2) is 11.4 Å². The molecule has 66 valence electrons. The van der Waals surface area contributed by atoms with E-state index >= 15 is 0 Å². The van der Waals surface area contributed by atoms with Gasteiger partial charge in [0.2, 0.25) is 5.91 Å². The van der Waals surface area contributed by atoms with Crippen molar-refractivity contribution >= 4 is 5.91 Å². The Labute approximate surface area is 72.7 Å². The highest BCUT2D eigenvalue weighted by Gasteiger charge is 2.56. The molecule has 3 rings (SSSR count). The van der Waals surface area contributed by atoms with Gasteiger partial charge in [0, 0.05) is 12.0 Å². The van der Waals surface area contributed by atoms with Crippen molar-refractivity contribution in [1.82, 2.24) is 5.32 Å². The van der Waals surface area contributed by atoms with Crippen LogP contribution in [-0.2, 0) is 4.79 Å². The lowest BCUT2D eigenvalue weighted by atomic mass is 9.80. The van der Waals surface area contributed by atoms with Crippen molar-refractivity contribution in [1.29, 1.82) is 0 Å². The summed E-state index contributed by atoms with van der Waals surface area (Å²) < 4.78 is 0. The minimum atomic E-state index is 0.278. The number of hydrogen-bond acceptors (Lipinski definition) is 1. The first kappa shape index (κ1) is 6.93. The zero-order valence-corrected chi connectivity index (χ0v) is 7.31. The van der Waals surface area contributed by atoms with Crippen LogP contribution >= 0.6 is 0 Å². The molecule has 2 nitrogen and oxygen atoms in total. The van der Waals surface area contributed by atoms with Crippen LogP contribution in [0.2, 0.25) is 0 Å². The first-order valence-corrected chi connectivity index (χ1v) is 5.11. The van der Waals surface area contributed by atoms with Crippen molar-refractivity contribution in [2.24, 2.45) is 11.8 Å². The molecule has 2 aliphatic carbocycles. The maximum Gasteiger partial charge on any atom is 0.220 e. The van der Waals surface area contributed by atoms with Crippen molar-refractivity contribution in [2.75, 3.05) is 0 Å². The van der Waals surface area contributed by atoms with Crippen molar-refractivity contribution in [3.8, 4) is 0 Å². The van der Waals surface area contributed by atoms with Crippen LogP contribution in [0.5, 0.6) is 0 Å².